The molecule has 0 amide bonds. The number of piperidine rings is 1. The van der Waals surface area contributed by atoms with Gasteiger partial charge in [0, 0.05) is 18.3 Å². The molecule has 0 aromatic carbocycles. The van der Waals surface area contributed by atoms with Gasteiger partial charge in [-0.25, -0.2) is 0 Å². The molecule has 2 heterocycles. The fourth-order valence-electron chi connectivity index (χ4n) is 1.85. The van der Waals surface area contributed by atoms with Gasteiger partial charge in [-0.2, -0.15) is 16.7 Å². The van der Waals surface area contributed by atoms with E-state index in [4.69, 9.17) is 0 Å². The maximum absolute atomic E-state index is 9.19. The van der Waals surface area contributed by atoms with E-state index in [0.717, 1.165) is 23.5 Å². The van der Waals surface area contributed by atoms with Crippen molar-refractivity contribution >= 4 is 28.2 Å². The number of hydrogen-bond acceptors (Lipinski definition) is 5. The van der Waals surface area contributed by atoms with Crippen molar-refractivity contribution in [3.05, 3.63) is 5.38 Å². The van der Waals surface area contributed by atoms with Crippen LogP contribution in [-0.4, -0.2) is 34.2 Å². The fraction of sp³-hybridized carbons (Fsp3) is 0.700. The maximum Gasteiger partial charge on any atom is 0.223 e. The highest BCUT2D eigenvalue weighted by Crippen LogP contribution is 2.29. The number of thioether (sulfide) groups is 1. The van der Waals surface area contributed by atoms with Gasteiger partial charge in [-0.1, -0.05) is 6.92 Å². The van der Waals surface area contributed by atoms with Crippen molar-refractivity contribution in [2.45, 2.75) is 25.0 Å². The smallest absolute Gasteiger partial charge is 0.223 e. The molecule has 0 unspecified atom stereocenters. The van der Waals surface area contributed by atoms with E-state index in [1.54, 1.807) is 5.38 Å². The lowest BCUT2D eigenvalue weighted by Gasteiger charge is -2.31. The van der Waals surface area contributed by atoms with Crippen LogP contribution in [0.15, 0.2) is 5.38 Å². The third-order valence-electron chi connectivity index (χ3n) is 2.59. The molecule has 0 spiro atoms. The van der Waals surface area contributed by atoms with Crippen molar-refractivity contribution < 1.29 is 5.11 Å². The van der Waals surface area contributed by atoms with Crippen molar-refractivity contribution in [1.82, 2.24) is 4.98 Å². The van der Waals surface area contributed by atoms with E-state index in [2.05, 4.69) is 28.6 Å². The van der Waals surface area contributed by atoms with Crippen molar-refractivity contribution in [1.29, 1.82) is 0 Å². The summed E-state index contributed by atoms with van der Waals surface area (Å²) in [5.74, 6) is 1.36. The molecule has 1 N–H and O–H groups in total. The van der Waals surface area contributed by atoms with Crippen LogP contribution in [0.25, 0.3) is 0 Å². The van der Waals surface area contributed by atoms with Crippen LogP contribution in [0.4, 0.5) is 5.13 Å². The average Bonchev–Trinajstić information content (AvgIpc) is 2.67. The molecule has 0 saturated carbocycles. The van der Waals surface area contributed by atoms with Crippen molar-refractivity contribution in [2.75, 3.05) is 23.7 Å². The first-order chi connectivity index (χ1) is 7.29. The van der Waals surface area contributed by atoms with Gasteiger partial charge in [0.25, 0.3) is 0 Å². The van der Waals surface area contributed by atoms with Gasteiger partial charge in [0.1, 0.15) is 0 Å². The number of aromatic nitrogens is 1. The normalized spacial score (nSPS) is 18.3. The zero-order valence-corrected chi connectivity index (χ0v) is 10.5. The van der Waals surface area contributed by atoms with Crippen LogP contribution in [0.2, 0.25) is 0 Å². The Morgan fingerprint density at radius 2 is 2.33 bits per heavy atom. The van der Waals surface area contributed by atoms with Gasteiger partial charge in [0.05, 0.1) is 5.38 Å². The van der Waals surface area contributed by atoms with Crippen molar-refractivity contribution in [3.63, 3.8) is 0 Å². The third-order valence-corrected chi connectivity index (χ3v) is 4.76. The number of rotatable bonds is 3. The van der Waals surface area contributed by atoms with E-state index in [9.17, 15) is 5.11 Å². The average molecular weight is 244 g/mol. The van der Waals surface area contributed by atoms with Gasteiger partial charge >= 0.3 is 0 Å². The number of thiazole rings is 1. The summed E-state index contributed by atoms with van der Waals surface area (Å²) in [7, 11) is 0. The highest BCUT2D eigenvalue weighted by molar-refractivity contribution is 7.99. The predicted molar refractivity (Wildman–Crippen MR) is 67.1 cm³/mol. The second-order valence-corrected chi connectivity index (χ2v) is 6.04. The first-order valence-corrected chi connectivity index (χ1v) is 7.23. The zero-order valence-electron chi connectivity index (χ0n) is 8.85. The zero-order chi connectivity index (χ0) is 10.7. The Morgan fingerprint density at radius 3 is 2.87 bits per heavy atom. The molecule has 1 fully saturated rings. The van der Waals surface area contributed by atoms with E-state index in [1.165, 1.54) is 29.9 Å². The number of aromatic hydroxyl groups is 1. The largest absolute Gasteiger partial charge is 0.493 e. The summed E-state index contributed by atoms with van der Waals surface area (Å²) in [6.45, 7) is 4.37. The quantitative estimate of drug-likeness (QED) is 0.886. The van der Waals surface area contributed by atoms with Crippen LogP contribution in [0.1, 0.15) is 19.8 Å². The van der Waals surface area contributed by atoms with Gasteiger partial charge in [0.2, 0.25) is 5.88 Å². The lowest BCUT2D eigenvalue weighted by atomic mass is 10.1. The minimum absolute atomic E-state index is 0.153. The second-order valence-electron chi connectivity index (χ2n) is 3.63. The number of hydrogen-bond donors (Lipinski definition) is 1. The van der Waals surface area contributed by atoms with Crippen molar-refractivity contribution in [2.24, 2.45) is 0 Å². The molecule has 1 aromatic rings. The molecule has 0 aliphatic carbocycles. The molecule has 84 valence electrons. The molecule has 1 saturated heterocycles. The van der Waals surface area contributed by atoms with Crippen LogP contribution >= 0.6 is 23.1 Å². The molecule has 0 radical (unpaired) electrons. The molecule has 5 heteroatoms. The van der Waals surface area contributed by atoms with Gasteiger partial charge in [-0.05, 0) is 18.6 Å². The molecule has 0 bridgehead atoms. The second kappa shape index (κ2) is 5.07. The summed E-state index contributed by atoms with van der Waals surface area (Å²) < 4.78 is 0. The summed E-state index contributed by atoms with van der Waals surface area (Å²) in [6.07, 6.45) is 2.47. The minimum Gasteiger partial charge on any atom is -0.493 e. The van der Waals surface area contributed by atoms with E-state index in [1.807, 2.05) is 0 Å². The molecule has 15 heavy (non-hydrogen) atoms. The van der Waals surface area contributed by atoms with Crippen LogP contribution in [-0.2, 0) is 0 Å². The summed E-state index contributed by atoms with van der Waals surface area (Å²) in [4.78, 5) is 6.37. The summed E-state index contributed by atoms with van der Waals surface area (Å²) in [5.41, 5.74) is 0. The van der Waals surface area contributed by atoms with Gasteiger partial charge in [0.15, 0.2) is 5.13 Å². The SMILES string of the molecule is CCSC1CCN(c2nc(O)cs2)CC1. The summed E-state index contributed by atoms with van der Waals surface area (Å²) in [6, 6.07) is 0. The molecule has 2 rings (SSSR count). The predicted octanol–water partition coefficient (Wildman–Crippen LogP) is 2.57. The fourth-order valence-corrected chi connectivity index (χ4v) is 3.61. The lowest BCUT2D eigenvalue weighted by molar-refractivity contribution is 0.456. The molecule has 1 aromatic heterocycles. The summed E-state index contributed by atoms with van der Waals surface area (Å²) in [5, 5.41) is 12.7. The number of anilines is 1. The van der Waals surface area contributed by atoms with Crippen LogP contribution in [0.5, 0.6) is 5.88 Å². The molecule has 3 nitrogen and oxygen atoms in total. The molecule has 1 aliphatic rings. The highest BCUT2D eigenvalue weighted by atomic mass is 32.2. The Balaban J connectivity index is 1.88. The van der Waals surface area contributed by atoms with Crippen molar-refractivity contribution in [3.8, 4) is 5.88 Å². The highest BCUT2D eigenvalue weighted by Gasteiger charge is 2.20. The van der Waals surface area contributed by atoms with Gasteiger partial charge in [-0.3, -0.25) is 0 Å². The molecule has 0 atom stereocenters. The van der Waals surface area contributed by atoms with E-state index in [-0.39, 0.29) is 5.88 Å². The first-order valence-electron chi connectivity index (χ1n) is 5.30. The van der Waals surface area contributed by atoms with Crippen LogP contribution < -0.4 is 4.90 Å². The standard InChI is InChI=1S/C10H16N2OS2/c1-2-14-8-3-5-12(6-4-8)10-11-9(13)7-15-10/h7-8,13H,2-6H2,1H3. The minimum atomic E-state index is 0.153. The maximum atomic E-state index is 9.19. The molecular formula is C10H16N2OS2. The first kappa shape index (κ1) is 11.1. The Morgan fingerprint density at radius 1 is 1.60 bits per heavy atom. The Bertz CT molecular complexity index is 308. The van der Waals surface area contributed by atoms with Crippen LogP contribution in [0.3, 0.4) is 0 Å². The van der Waals surface area contributed by atoms with E-state index < -0.39 is 0 Å². The van der Waals surface area contributed by atoms with E-state index >= 15 is 0 Å². The Labute approximate surface area is 98.5 Å². The monoisotopic (exact) mass is 244 g/mol. The van der Waals surface area contributed by atoms with Crippen LogP contribution in [0, 0.1) is 0 Å². The summed E-state index contributed by atoms with van der Waals surface area (Å²) >= 11 is 3.59. The van der Waals surface area contributed by atoms with Gasteiger partial charge in [-0.15, -0.1) is 11.3 Å². The lowest BCUT2D eigenvalue weighted by Crippen LogP contribution is -2.34. The third kappa shape index (κ3) is 2.78. The molecular weight excluding hydrogens is 228 g/mol. The Kier molecular flexibility index (Phi) is 3.75. The van der Waals surface area contributed by atoms with Gasteiger partial charge < -0.3 is 10.0 Å². The number of nitrogens with zero attached hydrogens (tertiary/aromatic N) is 2. The Hall–Kier alpha value is -0.420. The van der Waals surface area contributed by atoms with E-state index in [0.29, 0.717) is 0 Å². The molecule has 1 aliphatic heterocycles. The topological polar surface area (TPSA) is 36.4 Å².